The lowest BCUT2D eigenvalue weighted by atomic mass is 9.85. The maximum Gasteiger partial charge on any atom is 0.0933 e. The van der Waals surface area contributed by atoms with Crippen LogP contribution in [0.25, 0.3) is 0 Å². The Balaban J connectivity index is 1.62. The van der Waals surface area contributed by atoms with E-state index in [9.17, 15) is 0 Å². The SMILES string of the molecule is Cc1nc(CC2CCCCCC2CNC2CC2)sc1C. The van der Waals surface area contributed by atoms with E-state index in [-0.39, 0.29) is 0 Å². The molecule has 0 amide bonds. The van der Waals surface area contributed by atoms with Crippen molar-refractivity contribution in [2.75, 3.05) is 6.54 Å². The summed E-state index contributed by atoms with van der Waals surface area (Å²) in [5.74, 6) is 1.73. The van der Waals surface area contributed by atoms with Gasteiger partial charge in [-0.25, -0.2) is 4.98 Å². The van der Waals surface area contributed by atoms with Crippen LogP contribution in [0.4, 0.5) is 0 Å². The van der Waals surface area contributed by atoms with Crippen LogP contribution in [0.2, 0.25) is 0 Å². The Kier molecular flexibility index (Phi) is 4.77. The molecule has 1 aromatic heterocycles. The molecule has 0 radical (unpaired) electrons. The number of nitrogens with zero attached hydrogens (tertiary/aromatic N) is 1. The number of aromatic nitrogens is 1. The molecule has 1 N–H and O–H groups in total. The summed E-state index contributed by atoms with van der Waals surface area (Å²) in [5, 5.41) is 5.15. The molecule has 2 saturated carbocycles. The van der Waals surface area contributed by atoms with Crippen molar-refractivity contribution >= 4 is 11.3 Å². The second-order valence-corrected chi connectivity index (χ2v) is 8.08. The highest BCUT2D eigenvalue weighted by atomic mass is 32.1. The second-order valence-electron chi connectivity index (χ2n) is 6.79. The largest absolute Gasteiger partial charge is 0.314 e. The van der Waals surface area contributed by atoms with E-state index in [1.165, 1.54) is 73.5 Å². The van der Waals surface area contributed by atoms with Crippen molar-refractivity contribution < 1.29 is 0 Å². The number of hydrogen-bond donors (Lipinski definition) is 1. The molecule has 2 fully saturated rings. The highest BCUT2D eigenvalue weighted by Crippen LogP contribution is 2.33. The quantitative estimate of drug-likeness (QED) is 0.821. The summed E-state index contributed by atoms with van der Waals surface area (Å²) >= 11 is 1.92. The van der Waals surface area contributed by atoms with Crippen molar-refractivity contribution in [3.8, 4) is 0 Å². The molecule has 0 aromatic carbocycles. The molecule has 2 unspecified atom stereocenters. The van der Waals surface area contributed by atoms with Gasteiger partial charge in [-0.05, 0) is 57.9 Å². The van der Waals surface area contributed by atoms with E-state index in [4.69, 9.17) is 4.98 Å². The first-order valence-electron chi connectivity index (χ1n) is 8.38. The molecule has 1 heterocycles. The first-order valence-corrected chi connectivity index (χ1v) is 9.20. The zero-order chi connectivity index (χ0) is 13.9. The lowest BCUT2D eigenvalue weighted by Gasteiger charge is -2.25. The Morgan fingerprint density at radius 3 is 2.45 bits per heavy atom. The van der Waals surface area contributed by atoms with E-state index in [0.29, 0.717) is 0 Å². The lowest BCUT2D eigenvalue weighted by molar-refractivity contribution is 0.296. The summed E-state index contributed by atoms with van der Waals surface area (Å²) < 4.78 is 0. The average molecular weight is 292 g/mol. The second kappa shape index (κ2) is 6.57. The smallest absolute Gasteiger partial charge is 0.0933 e. The van der Waals surface area contributed by atoms with Crippen LogP contribution in [0.3, 0.4) is 0 Å². The minimum Gasteiger partial charge on any atom is -0.314 e. The van der Waals surface area contributed by atoms with Gasteiger partial charge in [-0.1, -0.05) is 19.3 Å². The first kappa shape index (κ1) is 14.5. The van der Waals surface area contributed by atoms with Crippen molar-refractivity contribution in [3.05, 3.63) is 15.6 Å². The Morgan fingerprint density at radius 1 is 1.05 bits per heavy atom. The summed E-state index contributed by atoms with van der Waals surface area (Å²) in [6, 6.07) is 0.850. The molecule has 2 nitrogen and oxygen atoms in total. The van der Waals surface area contributed by atoms with Gasteiger partial charge in [0.1, 0.15) is 0 Å². The predicted octanol–water partition coefficient (Wildman–Crippen LogP) is 4.25. The molecule has 3 heteroatoms. The van der Waals surface area contributed by atoms with Crippen LogP contribution in [0, 0.1) is 25.7 Å². The van der Waals surface area contributed by atoms with Gasteiger partial charge >= 0.3 is 0 Å². The number of nitrogens with one attached hydrogen (secondary N) is 1. The molecule has 0 bridgehead atoms. The lowest BCUT2D eigenvalue weighted by Crippen LogP contribution is -2.30. The van der Waals surface area contributed by atoms with E-state index >= 15 is 0 Å². The molecule has 0 aliphatic heterocycles. The Hall–Kier alpha value is -0.410. The van der Waals surface area contributed by atoms with E-state index in [0.717, 1.165) is 17.9 Å². The van der Waals surface area contributed by atoms with Crippen LogP contribution in [0.1, 0.15) is 60.5 Å². The van der Waals surface area contributed by atoms with Gasteiger partial charge in [0.2, 0.25) is 0 Å². The Bertz CT molecular complexity index is 417. The first-order chi connectivity index (χ1) is 9.72. The number of hydrogen-bond acceptors (Lipinski definition) is 3. The number of thiazole rings is 1. The average Bonchev–Trinajstić information content (AvgIpc) is 3.20. The number of aryl methyl sites for hydroxylation is 2. The molecule has 2 aliphatic rings. The molecule has 0 spiro atoms. The van der Waals surface area contributed by atoms with Crippen LogP contribution < -0.4 is 5.32 Å². The summed E-state index contributed by atoms with van der Waals surface area (Å²) in [5.41, 5.74) is 1.24. The van der Waals surface area contributed by atoms with Crippen LogP contribution in [-0.4, -0.2) is 17.6 Å². The van der Waals surface area contributed by atoms with Gasteiger partial charge in [0.15, 0.2) is 0 Å². The zero-order valence-corrected chi connectivity index (χ0v) is 13.8. The molecular formula is C17H28N2S. The molecule has 20 heavy (non-hydrogen) atoms. The summed E-state index contributed by atoms with van der Waals surface area (Å²) in [4.78, 5) is 6.18. The normalized spacial score (nSPS) is 27.5. The van der Waals surface area contributed by atoms with Crippen LogP contribution >= 0.6 is 11.3 Å². The summed E-state index contributed by atoms with van der Waals surface area (Å²) in [6.45, 7) is 5.60. The minimum absolute atomic E-state index is 0.850. The molecule has 2 atom stereocenters. The third kappa shape index (κ3) is 3.82. The fourth-order valence-electron chi connectivity index (χ4n) is 3.45. The highest BCUT2D eigenvalue weighted by molar-refractivity contribution is 7.11. The van der Waals surface area contributed by atoms with Gasteiger partial charge < -0.3 is 5.32 Å². The van der Waals surface area contributed by atoms with E-state index in [1.54, 1.807) is 0 Å². The predicted molar refractivity (Wildman–Crippen MR) is 86.4 cm³/mol. The van der Waals surface area contributed by atoms with Gasteiger partial charge in [0.05, 0.1) is 10.7 Å². The molecule has 2 aliphatic carbocycles. The van der Waals surface area contributed by atoms with Crippen LogP contribution in [-0.2, 0) is 6.42 Å². The van der Waals surface area contributed by atoms with Gasteiger partial charge in [-0.2, -0.15) is 0 Å². The highest BCUT2D eigenvalue weighted by Gasteiger charge is 2.27. The Labute approximate surface area is 127 Å². The van der Waals surface area contributed by atoms with Gasteiger partial charge in [0, 0.05) is 17.3 Å². The van der Waals surface area contributed by atoms with Gasteiger partial charge in [-0.3, -0.25) is 0 Å². The molecular weight excluding hydrogens is 264 g/mol. The van der Waals surface area contributed by atoms with Crippen molar-refractivity contribution in [2.24, 2.45) is 11.8 Å². The van der Waals surface area contributed by atoms with Crippen molar-refractivity contribution in [1.82, 2.24) is 10.3 Å². The molecule has 1 aromatic rings. The topological polar surface area (TPSA) is 24.9 Å². The third-order valence-corrected chi connectivity index (χ3v) is 6.17. The standard InChI is InChI=1S/C17H28N2S/c1-12-13(2)20-17(19-12)10-14-6-4-3-5-7-15(14)11-18-16-8-9-16/h14-16,18H,3-11H2,1-2H3. The summed E-state index contributed by atoms with van der Waals surface area (Å²) in [7, 11) is 0. The minimum atomic E-state index is 0.850. The maximum atomic E-state index is 4.78. The van der Waals surface area contributed by atoms with Gasteiger partial charge in [0.25, 0.3) is 0 Å². The fourth-order valence-corrected chi connectivity index (χ4v) is 4.48. The zero-order valence-electron chi connectivity index (χ0n) is 13.0. The third-order valence-electron chi connectivity index (χ3n) is 5.07. The van der Waals surface area contributed by atoms with E-state index < -0.39 is 0 Å². The van der Waals surface area contributed by atoms with Crippen LogP contribution in [0.15, 0.2) is 0 Å². The van der Waals surface area contributed by atoms with Gasteiger partial charge in [-0.15, -0.1) is 11.3 Å². The van der Waals surface area contributed by atoms with Crippen molar-refractivity contribution in [1.29, 1.82) is 0 Å². The fraction of sp³-hybridized carbons (Fsp3) is 0.824. The van der Waals surface area contributed by atoms with E-state index in [2.05, 4.69) is 19.2 Å². The van der Waals surface area contributed by atoms with E-state index in [1.807, 2.05) is 11.3 Å². The number of rotatable bonds is 5. The summed E-state index contributed by atoms with van der Waals surface area (Å²) in [6.07, 6.45) is 11.2. The monoisotopic (exact) mass is 292 g/mol. The maximum absolute atomic E-state index is 4.78. The van der Waals surface area contributed by atoms with Crippen molar-refractivity contribution in [3.63, 3.8) is 0 Å². The Morgan fingerprint density at radius 2 is 1.80 bits per heavy atom. The van der Waals surface area contributed by atoms with Crippen LogP contribution in [0.5, 0.6) is 0 Å². The van der Waals surface area contributed by atoms with Crippen molar-refractivity contribution in [2.45, 2.75) is 71.3 Å². The molecule has 0 saturated heterocycles. The molecule has 112 valence electrons. The molecule has 3 rings (SSSR count).